The number of para-hydroxylation sites is 2. The highest BCUT2D eigenvalue weighted by Gasteiger charge is 2.20. The van der Waals surface area contributed by atoms with Gasteiger partial charge in [0.2, 0.25) is 0 Å². The first-order chi connectivity index (χ1) is 7.42. The topological polar surface area (TPSA) is 23.0 Å². The Balaban J connectivity index is 2.38. The van der Waals surface area contributed by atoms with E-state index < -0.39 is 0 Å². The number of carbonyl (C=O) groups excluding carboxylic acids is 1. The average molecular weight is 197 g/mol. The molecule has 0 unspecified atom stereocenters. The van der Waals surface area contributed by atoms with Gasteiger partial charge in [-0.15, -0.1) is 0 Å². The van der Waals surface area contributed by atoms with Crippen LogP contribution in [0.15, 0.2) is 60.7 Å². The molecule has 1 amide bonds. The molecular weight excluding hydrogens is 186 g/mol. The quantitative estimate of drug-likeness (QED) is 0.548. The molecule has 2 aromatic carbocycles. The van der Waals surface area contributed by atoms with E-state index in [9.17, 15) is 4.79 Å². The molecule has 0 saturated heterocycles. The van der Waals surface area contributed by atoms with Gasteiger partial charge in [0.1, 0.15) is 0 Å². The molecule has 73 valence electrons. The number of benzene rings is 2. The maximum Gasteiger partial charge on any atom is 0.360 e. The SMILES string of the molecule is O=C[N+](c1ccccc1)c1ccccc1. The molecule has 0 N–H and O–H groups in total. The lowest BCUT2D eigenvalue weighted by atomic mass is 10.2. The minimum atomic E-state index is 0.824. The summed E-state index contributed by atoms with van der Waals surface area (Å²) in [6, 6.07) is 19.1. The number of amides is 1. The van der Waals surface area contributed by atoms with E-state index >= 15 is 0 Å². The summed E-state index contributed by atoms with van der Waals surface area (Å²) in [5, 5.41) is 0. The molecular formula is C13H11NO+. The Bertz CT molecular complexity index is 385. The van der Waals surface area contributed by atoms with Gasteiger partial charge in [-0.25, -0.2) is 4.79 Å². The normalized spacial score (nSPS) is 10.2. The molecule has 0 bridgehead atoms. The third kappa shape index (κ3) is 2.11. The van der Waals surface area contributed by atoms with E-state index in [0.717, 1.165) is 17.8 Å². The second kappa shape index (κ2) is 4.53. The summed E-state index contributed by atoms with van der Waals surface area (Å²) in [7, 11) is 0. The fourth-order valence-corrected chi connectivity index (χ4v) is 1.45. The fraction of sp³-hybridized carbons (Fsp3) is 0. The van der Waals surface area contributed by atoms with Gasteiger partial charge in [-0.3, -0.25) is 0 Å². The van der Waals surface area contributed by atoms with E-state index in [1.54, 1.807) is 4.90 Å². The average Bonchev–Trinajstić information content (AvgIpc) is 2.33. The van der Waals surface area contributed by atoms with E-state index in [-0.39, 0.29) is 0 Å². The van der Waals surface area contributed by atoms with Gasteiger partial charge in [0.25, 0.3) is 0 Å². The molecule has 0 heterocycles. The van der Waals surface area contributed by atoms with Crippen LogP contribution in [0.1, 0.15) is 0 Å². The Kier molecular flexibility index (Phi) is 2.90. The van der Waals surface area contributed by atoms with E-state index in [0.29, 0.717) is 0 Å². The van der Waals surface area contributed by atoms with Crippen LogP contribution in [-0.4, -0.2) is 6.41 Å². The zero-order chi connectivity index (χ0) is 10.5. The lowest BCUT2D eigenvalue weighted by Gasteiger charge is -2.02. The summed E-state index contributed by atoms with van der Waals surface area (Å²) in [4.78, 5) is 12.6. The molecule has 0 aromatic heterocycles. The largest absolute Gasteiger partial charge is 0.360 e. The Hall–Kier alpha value is -1.93. The third-order valence-corrected chi connectivity index (χ3v) is 2.17. The Morgan fingerprint density at radius 1 is 0.733 bits per heavy atom. The van der Waals surface area contributed by atoms with Crippen LogP contribution in [0, 0.1) is 0 Å². The molecule has 0 aliphatic carbocycles. The summed E-state index contributed by atoms with van der Waals surface area (Å²) in [6.45, 7) is 0. The van der Waals surface area contributed by atoms with Crippen molar-refractivity contribution in [2.24, 2.45) is 0 Å². The third-order valence-electron chi connectivity index (χ3n) is 2.17. The summed E-state index contributed by atoms with van der Waals surface area (Å²) < 4.78 is 0. The Morgan fingerprint density at radius 2 is 1.13 bits per heavy atom. The number of rotatable bonds is 3. The van der Waals surface area contributed by atoms with Crippen molar-refractivity contribution in [3.8, 4) is 0 Å². The zero-order valence-electron chi connectivity index (χ0n) is 8.21. The van der Waals surface area contributed by atoms with Gasteiger partial charge in [0.05, 0.1) is 0 Å². The summed E-state index contributed by atoms with van der Waals surface area (Å²) in [5.74, 6) is 0. The van der Waals surface area contributed by atoms with Crippen LogP contribution >= 0.6 is 0 Å². The molecule has 0 fully saturated rings. The van der Waals surface area contributed by atoms with Gasteiger partial charge >= 0.3 is 6.41 Å². The van der Waals surface area contributed by atoms with E-state index in [4.69, 9.17) is 0 Å². The van der Waals surface area contributed by atoms with Crippen molar-refractivity contribution in [1.29, 1.82) is 0 Å². The maximum absolute atomic E-state index is 11.0. The fourth-order valence-electron chi connectivity index (χ4n) is 1.45. The highest BCUT2D eigenvalue weighted by molar-refractivity contribution is 5.73. The minimum absolute atomic E-state index is 0.824. The molecule has 2 nitrogen and oxygen atoms in total. The summed E-state index contributed by atoms with van der Waals surface area (Å²) in [6.07, 6.45) is 0.824. The van der Waals surface area contributed by atoms with Crippen molar-refractivity contribution in [3.05, 3.63) is 60.7 Å². The number of anilines is 2. The van der Waals surface area contributed by atoms with Gasteiger partial charge in [0.15, 0.2) is 11.4 Å². The van der Waals surface area contributed by atoms with E-state index in [1.807, 2.05) is 60.7 Å². The van der Waals surface area contributed by atoms with Gasteiger partial charge in [0, 0.05) is 24.3 Å². The van der Waals surface area contributed by atoms with E-state index in [2.05, 4.69) is 0 Å². The van der Waals surface area contributed by atoms with Crippen LogP contribution in [0.2, 0.25) is 0 Å². The predicted octanol–water partition coefficient (Wildman–Crippen LogP) is 2.95. The first-order valence-electron chi connectivity index (χ1n) is 4.76. The molecule has 0 spiro atoms. The first-order valence-corrected chi connectivity index (χ1v) is 4.76. The van der Waals surface area contributed by atoms with Crippen LogP contribution in [0.3, 0.4) is 0 Å². The number of nitrogens with zero attached hydrogens (tertiary/aromatic N) is 1. The van der Waals surface area contributed by atoms with Crippen LogP contribution in [0.4, 0.5) is 11.4 Å². The lowest BCUT2D eigenvalue weighted by Crippen LogP contribution is -2.14. The molecule has 2 aromatic rings. The zero-order valence-corrected chi connectivity index (χ0v) is 8.21. The maximum atomic E-state index is 11.0. The molecule has 2 heteroatoms. The molecule has 0 aliphatic rings. The van der Waals surface area contributed by atoms with Gasteiger partial charge < -0.3 is 0 Å². The van der Waals surface area contributed by atoms with Gasteiger partial charge in [-0.1, -0.05) is 36.4 Å². The van der Waals surface area contributed by atoms with Gasteiger partial charge in [-0.05, 0) is 4.90 Å². The second-order valence-corrected chi connectivity index (χ2v) is 3.15. The van der Waals surface area contributed by atoms with Crippen LogP contribution < -0.4 is 4.90 Å². The Morgan fingerprint density at radius 3 is 1.47 bits per heavy atom. The van der Waals surface area contributed by atoms with E-state index in [1.165, 1.54) is 0 Å². The molecule has 0 aliphatic heterocycles. The second-order valence-electron chi connectivity index (χ2n) is 3.15. The summed E-state index contributed by atoms with van der Waals surface area (Å²) >= 11 is 0. The van der Waals surface area contributed by atoms with Crippen molar-refractivity contribution in [1.82, 2.24) is 4.90 Å². The smallest absolute Gasteiger partial charge is 0.227 e. The standard InChI is InChI=1S/C13H11NO/c15-11-14(12-7-3-1-4-8-12)13-9-5-2-6-10-13/h1-11H/q+1. The molecule has 0 saturated carbocycles. The lowest BCUT2D eigenvalue weighted by molar-refractivity contribution is -0.110. The number of hydrogen-bond acceptors (Lipinski definition) is 1. The van der Waals surface area contributed by atoms with Crippen molar-refractivity contribution < 1.29 is 4.79 Å². The van der Waals surface area contributed by atoms with Crippen LogP contribution in [0.5, 0.6) is 0 Å². The monoisotopic (exact) mass is 197 g/mol. The molecule has 15 heavy (non-hydrogen) atoms. The number of carbonyl (C=O) groups is 1. The highest BCUT2D eigenvalue weighted by atomic mass is 16.1. The van der Waals surface area contributed by atoms with Gasteiger partial charge in [-0.2, -0.15) is 0 Å². The minimum Gasteiger partial charge on any atom is -0.227 e. The number of hydrogen-bond donors (Lipinski definition) is 0. The first kappa shape index (κ1) is 9.62. The van der Waals surface area contributed by atoms with Crippen molar-refractivity contribution in [2.45, 2.75) is 0 Å². The highest BCUT2D eigenvalue weighted by Crippen LogP contribution is 2.21. The molecule has 0 atom stereocenters. The van der Waals surface area contributed by atoms with Crippen LogP contribution in [-0.2, 0) is 4.79 Å². The van der Waals surface area contributed by atoms with Crippen molar-refractivity contribution in [3.63, 3.8) is 0 Å². The summed E-state index contributed by atoms with van der Waals surface area (Å²) in [5.41, 5.74) is 1.75. The molecule has 1 radical (unpaired) electrons. The van der Waals surface area contributed by atoms with Crippen molar-refractivity contribution in [2.75, 3.05) is 0 Å². The predicted molar refractivity (Wildman–Crippen MR) is 60.4 cm³/mol. The van der Waals surface area contributed by atoms with Crippen molar-refractivity contribution >= 4 is 17.8 Å². The molecule has 2 rings (SSSR count). The Labute approximate surface area is 88.8 Å². The van der Waals surface area contributed by atoms with Crippen LogP contribution in [0.25, 0.3) is 0 Å².